The number of hydrogen-bond donors (Lipinski definition) is 1. The van der Waals surface area contributed by atoms with Gasteiger partial charge >= 0.3 is 0 Å². The van der Waals surface area contributed by atoms with Gasteiger partial charge in [0.15, 0.2) is 0 Å². The summed E-state index contributed by atoms with van der Waals surface area (Å²) in [5.74, 6) is -0.509. The monoisotopic (exact) mass is 245 g/mol. The first-order valence-electron chi connectivity index (χ1n) is 6.43. The van der Waals surface area contributed by atoms with E-state index in [9.17, 15) is 4.79 Å². The maximum absolute atomic E-state index is 11.2. The minimum Gasteiger partial charge on any atom is -0.335 e. The Labute approximate surface area is 105 Å². The number of amides is 1. The van der Waals surface area contributed by atoms with Crippen LogP contribution in [0.4, 0.5) is 11.4 Å². The van der Waals surface area contributed by atoms with Crippen LogP contribution >= 0.6 is 0 Å². The van der Waals surface area contributed by atoms with Crippen molar-refractivity contribution < 1.29 is 9.63 Å². The molecule has 3 aliphatic rings. The van der Waals surface area contributed by atoms with E-state index in [2.05, 4.69) is 5.32 Å². The SMILES string of the molecule is O=CN1CCCCC1C12Nc3ccccc3N1O2. The smallest absolute Gasteiger partial charge is 0.286 e. The molecule has 1 N–H and O–H groups in total. The summed E-state index contributed by atoms with van der Waals surface area (Å²) in [6.07, 6.45) is 4.16. The summed E-state index contributed by atoms with van der Waals surface area (Å²) in [5, 5.41) is 5.32. The van der Waals surface area contributed by atoms with E-state index in [1.807, 2.05) is 34.2 Å². The molecule has 0 aromatic heterocycles. The first-order chi connectivity index (χ1) is 8.85. The maximum Gasteiger partial charge on any atom is 0.286 e. The molecule has 0 aliphatic carbocycles. The van der Waals surface area contributed by atoms with Gasteiger partial charge in [-0.2, -0.15) is 5.06 Å². The van der Waals surface area contributed by atoms with Crippen molar-refractivity contribution in [3.05, 3.63) is 24.3 Å². The van der Waals surface area contributed by atoms with E-state index in [0.717, 1.165) is 43.6 Å². The number of hydroxylamine groups is 1. The van der Waals surface area contributed by atoms with Gasteiger partial charge in [-0.15, -0.1) is 0 Å². The number of fused-ring (bicyclic) bond motifs is 3. The molecular weight excluding hydrogens is 230 g/mol. The molecule has 1 amide bonds. The zero-order chi connectivity index (χ0) is 12.2. The molecule has 2 saturated heterocycles. The average Bonchev–Trinajstić information content (AvgIpc) is 3.07. The van der Waals surface area contributed by atoms with Crippen LogP contribution in [0, 0.1) is 0 Å². The fourth-order valence-electron chi connectivity index (χ4n) is 3.15. The summed E-state index contributed by atoms with van der Waals surface area (Å²) in [6.45, 7) is 0.825. The third-order valence-electron chi connectivity index (χ3n) is 4.07. The minimum atomic E-state index is -0.509. The second-order valence-electron chi connectivity index (χ2n) is 5.08. The molecule has 2 unspecified atom stereocenters. The Kier molecular flexibility index (Phi) is 1.92. The Morgan fingerprint density at radius 2 is 2.28 bits per heavy atom. The topological polar surface area (TPSA) is 47.9 Å². The summed E-state index contributed by atoms with van der Waals surface area (Å²) < 4.78 is 0. The predicted octanol–water partition coefficient (Wildman–Crippen LogP) is 1.53. The molecule has 0 saturated carbocycles. The van der Waals surface area contributed by atoms with E-state index in [4.69, 9.17) is 4.84 Å². The molecule has 5 nitrogen and oxygen atoms in total. The number of nitrogens with zero attached hydrogens (tertiary/aromatic N) is 2. The second-order valence-corrected chi connectivity index (χ2v) is 5.08. The van der Waals surface area contributed by atoms with Gasteiger partial charge in [0.25, 0.3) is 5.85 Å². The summed E-state index contributed by atoms with van der Waals surface area (Å²) in [6, 6.07) is 8.17. The summed E-state index contributed by atoms with van der Waals surface area (Å²) in [4.78, 5) is 18.8. The lowest BCUT2D eigenvalue weighted by atomic mass is 9.99. The van der Waals surface area contributed by atoms with E-state index in [0.29, 0.717) is 0 Å². The van der Waals surface area contributed by atoms with Gasteiger partial charge in [0, 0.05) is 6.54 Å². The molecule has 2 atom stereocenters. The van der Waals surface area contributed by atoms with Crippen molar-refractivity contribution in [2.75, 3.05) is 16.9 Å². The fraction of sp³-hybridized carbons (Fsp3) is 0.462. The van der Waals surface area contributed by atoms with Crippen molar-refractivity contribution in [3.8, 4) is 0 Å². The van der Waals surface area contributed by atoms with Gasteiger partial charge in [0.1, 0.15) is 6.04 Å². The molecule has 1 aromatic carbocycles. The number of nitrogens with one attached hydrogen (secondary N) is 1. The van der Waals surface area contributed by atoms with Gasteiger partial charge in [-0.25, -0.2) is 4.84 Å². The van der Waals surface area contributed by atoms with Gasteiger partial charge in [-0.3, -0.25) is 4.79 Å². The first-order valence-corrected chi connectivity index (χ1v) is 6.43. The van der Waals surface area contributed by atoms with Crippen LogP contribution in [0.3, 0.4) is 0 Å². The normalized spacial score (nSPS) is 32.6. The Hall–Kier alpha value is -1.75. The number of likely N-dealkylation sites (tertiary alicyclic amines) is 1. The molecular formula is C13H15N3O2. The van der Waals surface area contributed by atoms with Crippen LogP contribution in [0.15, 0.2) is 24.3 Å². The standard InChI is InChI=1S/C13H15N3O2/c17-9-15-8-4-3-7-12(15)13-14-10-5-1-2-6-11(10)16(13)18-13/h1-2,5-6,9,12,14H,3-4,7-8H2. The van der Waals surface area contributed by atoms with Gasteiger partial charge in [-0.05, 0) is 31.4 Å². The average molecular weight is 245 g/mol. The quantitative estimate of drug-likeness (QED) is 0.634. The van der Waals surface area contributed by atoms with Crippen molar-refractivity contribution in [2.45, 2.75) is 31.2 Å². The van der Waals surface area contributed by atoms with Crippen molar-refractivity contribution in [1.29, 1.82) is 0 Å². The van der Waals surface area contributed by atoms with Crippen molar-refractivity contribution >= 4 is 17.8 Å². The van der Waals surface area contributed by atoms with E-state index < -0.39 is 5.85 Å². The minimum absolute atomic E-state index is 0.0937. The molecule has 0 radical (unpaired) electrons. The van der Waals surface area contributed by atoms with Crippen LogP contribution in [0.2, 0.25) is 0 Å². The highest BCUT2D eigenvalue weighted by atomic mass is 16.9. The zero-order valence-electron chi connectivity index (χ0n) is 10.0. The van der Waals surface area contributed by atoms with E-state index >= 15 is 0 Å². The molecule has 5 heteroatoms. The first kappa shape index (κ1) is 10.2. The number of carbonyl (C=O) groups excluding carboxylic acids is 1. The molecule has 0 spiro atoms. The molecule has 0 bridgehead atoms. The molecule has 3 aliphatic heterocycles. The van der Waals surface area contributed by atoms with Crippen LogP contribution in [-0.4, -0.2) is 29.7 Å². The lowest BCUT2D eigenvalue weighted by Gasteiger charge is -2.34. The van der Waals surface area contributed by atoms with Crippen LogP contribution < -0.4 is 10.4 Å². The van der Waals surface area contributed by atoms with Crippen molar-refractivity contribution in [1.82, 2.24) is 4.90 Å². The van der Waals surface area contributed by atoms with E-state index in [-0.39, 0.29) is 6.04 Å². The number of carbonyl (C=O) groups is 1. The largest absolute Gasteiger partial charge is 0.335 e. The zero-order valence-corrected chi connectivity index (χ0v) is 10.0. The third kappa shape index (κ3) is 1.17. The Morgan fingerprint density at radius 1 is 1.39 bits per heavy atom. The molecule has 94 valence electrons. The number of anilines is 2. The maximum atomic E-state index is 11.2. The van der Waals surface area contributed by atoms with E-state index in [1.54, 1.807) is 0 Å². The van der Waals surface area contributed by atoms with Crippen LogP contribution in [0.5, 0.6) is 0 Å². The highest BCUT2D eigenvalue weighted by Gasteiger charge is 2.67. The van der Waals surface area contributed by atoms with Crippen LogP contribution in [-0.2, 0) is 9.63 Å². The Morgan fingerprint density at radius 3 is 3.11 bits per heavy atom. The number of piperidine rings is 1. The third-order valence-corrected chi connectivity index (χ3v) is 4.07. The number of rotatable bonds is 2. The lowest BCUT2D eigenvalue weighted by molar-refractivity contribution is -0.122. The second kappa shape index (κ2) is 3.38. The Bertz CT molecular complexity index is 507. The summed E-state index contributed by atoms with van der Waals surface area (Å²) >= 11 is 0. The van der Waals surface area contributed by atoms with Crippen molar-refractivity contribution in [3.63, 3.8) is 0 Å². The summed E-state index contributed by atoms with van der Waals surface area (Å²) in [5.41, 5.74) is 2.15. The number of hydrogen-bond acceptors (Lipinski definition) is 4. The molecule has 3 heterocycles. The van der Waals surface area contributed by atoms with E-state index in [1.165, 1.54) is 0 Å². The molecule has 18 heavy (non-hydrogen) atoms. The highest BCUT2D eigenvalue weighted by Crippen LogP contribution is 2.54. The number of benzene rings is 1. The predicted molar refractivity (Wildman–Crippen MR) is 66.8 cm³/mol. The summed E-state index contributed by atoms with van der Waals surface area (Å²) in [7, 11) is 0. The number of para-hydroxylation sites is 2. The highest BCUT2D eigenvalue weighted by molar-refractivity contribution is 5.79. The van der Waals surface area contributed by atoms with Crippen molar-refractivity contribution in [2.24, 2.45) is 0 Å². The van der Waals surface area contributed by atoms with Gasteiger partial charge in [0.05, 0.1) is 11.4 Å². The molecule has 1 aromatic rings. The van der Waals surface area contributed by atoms with Crippen LogP contribution in [0.1, 0.15) is 19.3 Å². The van der Waals surface area contributed by atoms with Crippen LogP contribution in [0.25, 0.3) is 0 Å². The van der Waals surface area contributed by atoms with Gasteiger partial charge in [-0.1, -0.05) is 12.1 Å². The Balaban J connectivity index is 1.66. The van der Waals surface area contributed by atoms with Gasteiger partial charge in [0.2, 0.25) is 6.41 Å². The fourth-order valence-corrected chi connectivity index (χ4v) is 3.15. The van der Waals surface area contributed by atoms with Gasteiger partial charge < -0.3 is 10.2 Å². The lowest BCUT2D eigenvalue weighted by Crippen LogP contribution is -2.52. The molecule has 2 fully saturated rings. The molecule has 4 rings (SSSR count).